The highest BCUT2D eigenvalue weighted by atomic mass is 35.5. The molecule has 0 bridgehead atoms. The Kier molecular flexibility index (Phi) is 10.2. The van der Waals surface area contributed by atoms with Gasteiger partial charge in [-0.2, -0.15) is 0 Å². The number of benzene rings is 1. The van der Waals surface area contributed by atoms with Crippen LogP contribution in [0.2, 0.25) is 10.0 Å². The lowest BCUT2D eigenvalue weighted by Crippen LogP contribution is -2.49. The molecule has 3 amide bonds. The number of carbonyl (C=O) groups is 3. The van der Waals surface area contributed by atoms with E-state index in [1.807, 2.05) is 17.9 Å². The molecule has 2 aromatic rings. The zero-order valence-electron chi connectivity index (χ0n) is 19.8. The van der Waals surface area contributed by atoms with Gasteiger partial charge in [-0.15, -0.1) is 0 Å². The van der Waals surface area contributed by atoms with Crippen molar-refractivity contribution in [3.63, 3.8) is 0 Å². The monoisotopic (exact) mass is 537 g/mol. The van der Waals surface area contributed by atoms with Crippen molar-refractivity contribution in [1.82, 2.24) is 20.5 Å². The topological polar surface area (TPSA) is 133 Å². The number of hydrogen-bond donors (Lipinski definition) is 4. The lowest BCUT2D eigenvalue weighted by molar-refractivity contribution is -0.138. The molecule has 1 unspecified atom stereocenters. The molecular weight excluding hydrogens is 509 g/mol. The molecule has 0 radical (unpaired) electrons. The number of carboxylic acid groups (broad SMARTS) is 1. The van der Waals surface area contributed by atoms with Crippen LogP contribution in [0, 0.1) is 0 Å². The molecule has 1 aromatic heterocycles. The first-order valence-electron chi connectivity index (χ1n) is 11.6. The molecule has 3 rings (SSSR count). The van der Waals surface area contributed by atoms with Gasteiger partial charge in [0.25, 0.3) is 5.91 Å². The normalized spacial score (nSPS) is 16.6. The standard InChI is InChI=1S/C24H29Cl2N5O5/c1-2-20(36-23-19(26)10-16(25)12-28-23)22(34)27-11-15-5-3-6-17(9-15)29-24(35)30-18-7-4-8-31(13-18)14-21(32)33/h3,5-6,9-10,12,18,20H,2,4,7-8,11,13-14H2,1H3,(H,27,34)(H,32,33)(H2,29,30,35)/t18?,20-/m1/s1. The summed E-state index contributed by atoms with van der Waals surface area (Å²) in [6, 6.07) is 8.10. The van der Waals surface area contributed by atoms with Gasteiger partial charge in [-0.25, -0.2) is 9.78 Å². The van der Waals surface area contributed by atoms with Gasteiger partial charge >= 0.3 is 12.0 Å². The number of hydrogen-bond acceptors (Lipinski definition) is 6. The van der Waals surface area contributed by atoms with E-state index in [0.717, 1.165) is 18.4 Å². The van der Waals surface area contributed by atoms with Crippen LogP contribution >= 0.6 is 23.2 Å². The Morgan fingerprint density at radius 2 is 2.08 bits per heavy atom. The highest BCUT2D eigenvalue weighted by molar-refractivity contribution is 6.35. The molecular formula is C24H29Cl2N5O5. The number of anilines is 1. The first-order chi connectivity index (χ1) is 17.2. The highest BCUT2D eigenvalue weighted by Gasteiger charge is 2.23. The second-order valence-electron chi connectivity index (χ2n) is 8.44. The minimum absolute atomic E-state index is 0.0409. The van der Waals surface area contributed by atoms with Crippen molar-refractivity contribution in [2.75, 3.05) is 25.0 Å². The van der Waals surface area contributed by atoms with Gasteiger partial charge in [-0.3, -0.25) is 14.5 Å². The molecule has 1 aromatic carbocycles. The molecule has 0 saturated carbocycles. The second kappa shape index (κ2) is 13.3. The van der Waals surface area contributed by atoms with Crippen LogP contribution in [0.25, 0.3) is 0 Å². The molecule has 0 aliphatic carbocycles. The molecule has 194 valence electrons. The third-order valence-corrected chi connectivity index (χ3v) is 6.02. The second-order valence-corrected chi connectivity index (χ2v) is 9.28. The minimum Gasteiger partial charge on any atom is -0.480 e. The molecule has 4 N–H and O–H groups in total. The van der Waals surface area contributed by atoms with Crippen LogP contribution < -0.4 is 20.7 Å². The molecule has 2 atom stereocenters. The zero-order chi connectivity index (χ0) is 26.1. The molecule has 12 heteroatoms. The molecule has 0 spiro atoms. The van der Waals surface area contributed by atoms with Crippen LogP contribution in [-0.2, 0) is 16.1 Å². The van der Waals surface area contributed by atoms with E-state index in [0.29, 0.717) is 30.2 Å². The number of nitrogens with zero attached hydrogens (tertiary/aromatic N) is 2. The molecule has 2 heterocycles. The SMILES string of the molecule is CC[C@@H](Oc1ncc(Cl)cc1Cl)C(=O)NCc1cccc(NC(=O)NC2CCCN(CC(=O)O)C2)c1. The maximum absolute atomic E-state index is 12.7. The molecule has 1 aliphatic heterocycles. The zero-order valence-corrected chi connectivity index (χ0v) is 21.3. The summed E-state index contributed by atoms with van der Waals surface area (Å²) in [4.78, 5) is 41.9. The number of carbonyl (C=O) groups excluding carboxylic acids is 2. The first-order valence-corrected chi connectivity index (χ1v) is 12.3. The van der Waals surface area contributed by atoms with Gasteiger partial charge < -0.3 is 25.8 Å². The lowest BCUT2D eigenvalue weighted by atomic mass is 10.1. The van der Waals surface area contributed by atoms with E-state index in [4.69, 9.17) is 33.0 Å². The number of piperidine rings is 1. The summed E-state index contributed by atoms with van der Waals surface area (Å²) in [6.07, 6.45) is 2.60. The fraction of sp³-hybridized carbons (Fsp3) is 0.417. The average molecular weight is 538 g/mol. The van der Waals surface area contributed by atoms with Gasteiger partial charge in [0.15, 0.2) is 6.10 Å². The summed E-state index contributed by atoms with van der Waals surface area (Å²) < 4.78 is 5.66. The average Bonchev–Trinajstić information content (AvgIpc) is 2.82. The predicted octanol–water partition coefficient (Wildman–Crippen LogP) is 3.53. The highest BCUT2D eigenvalue weighted by Crippen LogP contribution is 2.26. The summed E-state index contributed by atoms with van der Waals surface area (Å²) in [6.45, 7) is 3.19. The van der Waals surface area contributed by atoms with E-state index in [-0.39, 0.29) is 42.0 Å². The fourth-order valence-corrected chi connectivity index (χ4v) is 4.29. The van der Waals surface area contributed by atoms with Crippen molar-refractivity contribution in [1.29, 1.82) is 0 Å². The van der Waals surface area contributed by atoms with Crippen molar-refractivity contribution >= 4 is 46.8 Å². The number of carboxylic acids is 1. The Morgan fingerprint density at radius 3 is 2.81 bits per heavy atom. The number of amides is 3. The van der Waals surface area contributed by atoms with E-state index in [1.54, 1.807) is 18.2 Å². The van der Waals surface area contributed by atoms with Crippen LogP contribution in [0.4, 0.5) is 10.5 Å². The van der Waals surface area contributed by atoms with E-state index in [9.17, 15) is 14.4 Å². The summed E-state index contributed by atoms with van der Waals surface area (Å²) in [5.41, 5.74) is 1.35. The third-order valence-electron chi connectivity index (χ3n) is 5.54. The molecule has 1 aliphatic rings. The van der Waals surface area contributed by atoms with Crippen LogP contribution in [-0.4, -0.2) is 64.7 Å². The Labute approximate surface area is 219 Å². The molecule has 1 saturated heterocycles. The lowest BCUT2D eigenvalue weighted by Gasteiger charge is -2.31. The summed E-state index contributed by atoms with van der Waals surface area (Å²) >= 11 is 11.9. The summed E-state index contributed by atoms with van der Waals surface area (Å²) in [5.74, 6) is -1.08. The quantitative estimate of drug-likeness (QED) is 0.364. The van der Waals surface area contributed by atoms with Crippen LogP contribution in [0.5, 0.6) is 5.88 Å². The van der Waals surface area contributed by atoms with Crippen molar-refractivity contribution in [3.8, 4) is 5.88 Å². The number of aliphatic carboxylic acids is 1. The van der Waals surface area contributed by atoms with Crippen LogP contribution in [0.15, 0.2) is 36.5 Å². The van der Waals surface area contributed by atoms with Gasteiger partial charge in [-0.05, 0) is 49.6 Å². The maximum Gasteiger partial charge on any atom is 0.319 e. The maximum atomic E-state index is 12.7. The number of nitrogens with one attached hydrogen (secondary N) is 3. The fourth-order valence-electron chi connectivity index (χ4n) is 3.87. The number of urea groups is 1. The molecule has 1 fully saturated rings. The first kappa shape index (κ1) is 27.5. The number of pyridine rings is 1. The molecule has 10 nitrogen and oxygen atoms in total. The Balaban J connectivity index is 1.50. The Bertz CT molecular complexity index is 1090. The smallest absolute Gasteiger partial charge is 0.319 e. The Morgan fingerprint density at radius 1 is 1.28 bits per heavy atom. The summed E-state index contributed by atoms with van der Waals surface area (Å²) in [5, 5.41) is 18.1. The predicted molar refractivity (Wildman–Crippen MR) is 137 cm³/mol. The number of aromatic nitrogens is 1. The van der Waals surface area contributed by atoms with E-state index in [2.05, 4.69) is 20.9 Å². The van der Waals surface area contributed by atoms with Crippen molar-refractivity contribution < 1.29 is 24.2 Å². The van der Waals surface area contributed by atoms with Crippen LogP contribution in [0.1, 0.15) is 31.7 Å². The number of ether oxygens (including phenoxy) is 1. The van der Waals surface area contributed by atoms with Gasteiger partial charge in [0.1, 0.15) is 5.02 Å². The minimum atomic E-state index is -0.883. The van der Waals surface area contributed by atoms with Gasteiger partial charge in [0, 0.05) is 31.0 Å². The summed E-state index contributed by atoms with van der Waals surface area (Å²) in [7, 11) is 0. The van der Waals surface area contributed by atoms with Gasteiger partial charge in [-0.1, -0.05) is 42.3 Å². The van der Waals surface area contributed by atoms with E-state index in [1.165, 1.54) is 12.3 Å². The van der Waals surface area contributed by atoms with E-state index < -0.39 is 12.1 Å². The molecule has 36 heavy (non-hydrogen) atoms. The van der Waals surface area contributed by atoms with Gasteiger partial charge in [0.05, 0.1) is 11.6 Å². The van der Waals surface area contributed by atoms with E-state index >= 15 is 0 Å². The number of rotatable bonds is 10. The largest absolute Gasteiger partial charge is 0.480 e. The van der Waals surface area contributed by atoms with Gasteiger partial charge in [0.2, 0.25) is 5.88 Å². The van der Waals surface area contributed by atoms with Crippen molar-refractivity contribution in [2.24, 2.45) is 0 Å². The number of halogens is 2. The number of likely N-dealkylation sites (tertiary alicyclic amines) is 1. The third kappa shape index (κ3) is 8.54. The van der Waals surface area contributed by atoms with Crippen LogP contribution in [0.3, 0.4) is 0 Å². The Hall–Kier alpha value is -3.08. The van der Waals surface area contributed by atoms with Crippen molar-refractivity contribution in [2.45, 2.75) is 44.9 Å². The van der Waals surface area contributed by atoms with Crippen molar-refractivity contribution in [3.05, 3.63) is 52.1 Å².